The third-order valence-corrected chi connectivity index (χ3v) is 4.48. The van der Waals surface area contributed by atoms with Gasteiger partial charge < -0.3 is 15.5 Å². The first-order chi connectivity index (χ1) is 11.1. The Bertz CT molecular complexity index is 537. The second-order valence-electron chi connectivity index (χ2n) is 5.71. The minimum Gasteiger partial charge on any atom is -0.343 e. The van der Waals surface area contributed by atoms with Crippen molar-refractivity contribution in [3.8, 4) is 0 Å². The summed E-state index contributed by atoms with van der Waals surface area (Å²) in [7, 11) is 1.88. The summed E-state index contributed by atoms with van der Waals surface area (Å²) in [4.78, 5) is 30.3. The predicted octanol–water partition coefficient (Wildman–Crippen LogP) is 2.86. The maximum atomic E-state index is 12.3. The molecular weight excluding hydrogens is 431 g/mol. The molecule has 25 heavy (non-hydrogen) atoms. The van der Waals surface area contributed by atoms with Gasteiger partial charge in [-0.25, -0.2) is 4.98 Å². The number of nitrogens with one attached hydrogen (secondary N) is 2. The molecule has 0 atom stereocenters. The third kappa shape index (κ3) is 7.90. The molecule has 1 aliphatic rings. The molecule has 142 valence electrons. The van der Waals surface area contributed by atoms with E-state index in [0.717, 1.165) is 17.4 Å². The highest BCUT2D eigenvalue weighted by molar-refractivity contribution is 9.10. The van der Waals surface area contributed by atoms with Crippen LogP contribution >= 0.6 is 40.7 Å². The van der Waals surface area contributed by atoms with Crippen LogP contribution in [0.25, 0.3) is 0 Å². The van der Waals surface area contributed by atoms with Crippen LogP contribution in [0.4, 0.5) is 5.82 Å². The number of halogens is 3. The van der Waals surface area contributed by atoms with Gasteiger partial charge in [-0.3, -0.25) is 9.59 Å². The molecule has 1 aromatic heterocycles. The van der Waals surface area contributed by atoms with E-state index >= 15 is 0 Å². The van der Waals surface area contributed by atoms with Crippen molar-refractivity contribution >= 4 is 58.4 Å². The first-order valence-corrected chi connectivity index (χ1v) is 8.74. The number of aromatic nitrogens is 1. The highest BCUT2D eigenvalue weighted by Crippen LogP contribution is 2.20. The zero-order valence-corrected chi connectivity index (χ0v) is 17.4. The van der Waals surface area contributed by atoms with Crippen LogP contribution in [0, 0.1) is 5.92 Å². The van der Waals surface area contributed by atoms with Crippen molar-refractivity contribution in [2.24, 2.45) is 5.92 Å². The van der Waals surface area contributed by atoms with E-state index in [2.05, 4.69) is 31.5 Å². The van der Waals surface area contributed by atoms with Gasteiger partial charge in [-0.2, -0.15) is 0 Å². The minimum absolute atomic E-state index is 0. The molecule has 2 heterocycles. The molecule has 1 saturated heterocycles. The monoisotopic (exact) mass is 454 g/mol. The summed E-state index contributed by atoms with van der Waals surface area (Å²) in [5.41, 5.74) is 0. The van der Waals surface area contributed by atoms with Crippen molar-refractivity contribution < 1.29 is 9.59 Å². The van der Waals surface area contributed by atoms with E-state index in [4.69, 9.17) is 0 Å². The van der Waals surface area contributed by atoms with E-state index in [1.807, 2.05) is 18.0 Å². The maximum absolute atomic E-state index is 12.3. The molecule has 2 amide bonds. The van der Waals surface area contributed by atoms with Gasteiger partial charge in [-0.05, 0) is 60.9 Å². The number of anilines is 1. The van der Waals surface area contributed by atoms with Crippen LogP contribution in [0.1, 0.15) is 25.7 Å². The van der Waals surface area contributed by atoms with Crippen LogP contribution in [0.3, 0.4) is 0 Å². The van der Waals surface area contributed by atoms with Gasteiger partial charge in [0.25, 0.3) is 0 Å². The zero-order valence-electron chi connectivity index (χ0n) is 14.2. The van der Waals surface area contributed by atoms with Crippen molar-refractivity contribution in [1.82, 2.24) is 15.2 Å². The highest BCUT2D eigenvalue weighted by atomic mass is 79.9. The van der Waals surface area contributed by atoms with Crippen molar-refractivity contribution in [2.45, 2.75) is 25.7 Å². The van der Waals surface area contributed by atoms with Gasteiger partial charge in [0.15, 0.2) is 0 Å². The smallest absolute Gasteiger partial charge is 0.228 e. The SMILES string of the molecule is CNCCCC(=O)N1CCC(C(=O)Nc2ccc(Br)cn2)CC1.Cl.Cl. The van der Waals surface area contributed by atoms with Crippen LogP contribution in [-0.2, 0) is 9.59 Å². The second-order valence-corrected chi connectivity index (χ2v) is 6.63. The van der Waals surface area contributed by atoms with Crippen LogP contribution in [0.15, 0.2) is 22.8 Å². The van der Waals surface area contributed by atoms with Crippen LogP contribution in [0.5, 0.6) is 0 Å². The lowest BCUT2D eigenvalue weighted by atomic mass is 9.95. The molecule has 0 aliphatic carbocycles. The number of hydrogen-bond acceptors (Lipinski definition) is 4. The van der Waals surface area contributed by atoms with Crippen LogP contribution in [-0.4, -0.2) is 48.4 Å². The van der Waals surface area contributed by atoms with Crippen molar-refractivity contribution in [1.29, 1.82) is 0 Å². The van der Waals surface area contributed by atoms with Crippen LogP contribution in [0.2, 0.25) is 0 Å². The Morgan fingerprint density at radius 2 is 1.96 bits per heavy atom. The first-order valence-electron chi connectivity index (χ1n) is 7.95. The molecule has 0 spiro atoms. The Labute approximate surface area is 169 Å². The lowest BCUT2D eigenvalue weighted by Gasteiger charge is -2.31. The second kappa shape index (κ2) is 12.5. The molecule has 0 bridgehead atoms. The Kier molecular flexibility index (Phi) is 12.0. The lowest BCUT2D eigenvalue weighted by Crippen LogP contribution is -2.41. The molecule has 2 N–H and O–H groups in total. The number of likely N-dealkylation sites (tertiary alicyclic amines) is 1. The van der Waals surface area contributed by atoms with Crippen molar-refractivity contribution in [3.63, 3.8) is 0 Å². The summed E-state index contributed by atoms with van der Waals surface area (Å²) in [5.74, 6) is 0.682. The highest BCUT2D eigenvalue weighted by Gasteiger charge is 2.27. The molecule has 0 saturated carbocycles. The molecule has 9 heteroatoms. The number of nitrogens with zero attached hydrogens (tertiary/aromatic N) is 2. The van der Waals surface area contributed by atoms with E-state index < -0.39 is 0 Å². The topological polar surface area (TPSA) is 74.3 Å². The standard InChI is InChI=1S/C16H23BrN4O2.2ClH/c1-18-8-2-3-15(22)21-9-6-12(7-10-21)16(23)20-14-5-4-13(17)11-19-14;;/h4-5,11-12,18H,2-3,6-10H2,1H3,(H,19,20,23);2*1H. The Hall–Kier alpha value is -0.890. The van der Waals surface area contributed by atoms with Crippen molar-refractivity contribution in [3.05, 3.63) is 22.8 Å². The van der Waals surface area contributed by atoms with E-state index in [9.17, 15) is 9.59 Å². The third-order valence-electron chi connectivity index (χ3n) is 4.01. The average molecular weight is 456 g/mol. The van der Waals surface area contributed by atoms with Gasteiger partial charge in [0, 0.05) is 36.1 Å². The summed E-state index contributed by atoms with van der Waals surface area (Å²) in [6.07, 6.45) is 4.49. The Morgan fingerprint density at radius 1 is 1.28 bits per heavy atom. The largest absolute Gasteiger partial charge is 0.343 e. The molecule has 0 aromatic carbocycles. The number of carbonyl (C=O) groups excluding carboxylic acids is 2. The molecular formula is C16H25BrCl2N4O2. The summed E-state index contributed by atoms with van der Waals surface area (Å²) >= 11 is 3.31. The van der Waals surface area contributed by atoms with E-state index in [0.29, 0.717) is 38.2 Å². The van der Waals surface area contributed by atoms with E-state index in [1.54, 1.807) is 12.3 Å². The molecule has 6 nitrogen and oxygen atoms in total. The maximum Gasteiger partial charge on any atom is 0.228 e. The molecule has 1 aliphatic heterocycles. The fraction of sp³-hybridized carbons (Fsp3) is 0.562. The molecule has 1 aromatic rings. The summed E-state index contributed by atoms with van der Waals surface area (Å²) in [6, 6.07) is 3.61. The predicted molar refractivity (Wildman–Crippen MR) is 108 cm³/mol. The fourth-order valence-corrected chi connectivity index (χ4v) is 2.88. The number of hydrogen-bond donors (Lipinski definition) is 2. The van der Waals surface area contributed by atoms with E-state index in [-0.39, 0.29) is 42.5 Å². The van der Waals surface area contributed by atoms with Crippen LogP contribution < -0.4 is 10.6 Å². The van der Waals surface area contributed by atoms with Gasteiger partial charge >= 0.3 is 0 Å². The lowest BCUT2D eigenvalue weighted by molar-refractivity contribution is -0.134. The van der Waals surface area contributed by atoms with Crippen molar-refractivity contribution in [2.75, 3.05) is 32.0 Å². The van der Waals surface area contributed by atoms with Gasteiger partial charge in [0.05, 0.1) is 0 Å². The number of rotatable bonds is 6. The number of pyridine rings is 1. The quantitative estimate of drug-likeness (QED) is 0.646. The Morgan fingerprint density at radius 3 is 2.52 bits per heavy atom. The average Bonchev–Trinajstić information content (AvgIpc) is 2.57. The summed E-state index contributed by atoms with van der Waals surface area (Å²) < 4.78 is 0.876. The Balaban J connectivity index is 0.00000288. The number of amides is 2. The number of carbonyl (C=O) groups is 2. The van der Waals surface area contributed by atoms with Gasteiger partial charge in [0.1, 0.15) is 5.82 Å². The normalized spacial score (nSPS) is 14.2. The summed E-state index contributed by atoms with van der Waals surface area (Å²) in [5, 5.41) is 5.88. The van der Waals surface area contributed by atoms with E-state index in [1.165, 1.54) is 0 Å². The van der Waals surface area contributed by atoms with Gasteiger partial charge in [-0.1, -0.05) is 0 Å². The molecule has 0 radical (unpaired) electrons. The first kappa shape index (κ1) is 24.1. The zero-order chi connectivity index (χ0) is 16.7. The number of piperidine rings is 1. The minimum atomic E-state index is -0.0539. The van der Waals surface area contributed by atoms with Gasteiger partial charge in [-0.15, -0.1) is 24.8 Å². The molecule has 0 unspecified atom stereocenters. The van der Waals surface area contributed by atoms with Gasteiger partial charge in [0.2, 0.25) is 11.8 Å². The molecule has 1 fully saturated rings. The molecule has 2 rings (SSSR count). The summed E-state index contributed by atoms with van der Waals surface area (Å²) in [6.45, 7) is 2.17. The fourth-order valence-electron chi connectivity index (χ4n) is 2.64.